The zero-order chi connectivity index (χ0) is 14.1. The fraction of sp³-hybridized carbons (Fsp3) is 0.143. The van der Waals surface area contributed by atoms with E-state index in [0.29, 0.717) is 16.9 Å². The van der Waals surface area contributed by atoms with E-state index in [2.05, 4.69) is 15.2 Å². The van der Waals surface area contributed by atoms with Crippen LogP contribution >= 0.6 is 0 Å². The van der Waals surface area contributed by atoms with E-state index in [-0.39, 0.29) is 5.56 Å². The van der Waals surface area contributed by atoms with Crippen LogP contribution in [-0.4, -0.2) is 25.7 Å². The molecule has 2 aromatic heterocycles. The molecule has 0 bridgehead atoms. The molecule has 3 aromatic rings. The molecule has 0 saturated heterocycles. The Labute approximate surface area is 115 Å². The van der Waals surface area contributed by atoms with Crippen molar-refractivity contribution in [2.75, 3.05) is 0 Å². The van der Waals surface area contributed by atoms with E-state index >= 15 is 0 Å². The zero-order valence-electron chi connectivity index (χ0n) is 11.2. The smallest absolute Gasteiger partial charge is 0.266 e. The third kappa shape index (κ3) is 2.01. The van der Waals surface area contributed by atoms with Crippen molar-refractivity contribution in [2.24, 2.45) is 12.1 Å². The number of benzene rings is 1. The number of hydrogen-bond donors (Lipinski definition) is 0. The molecule has 0 aliphatic rings. The van der Waals surface area contributed by atoms with Gasteiger partial charge in [-0.3, -0.25) is 9.48 Å². The lowest BCUT2D eigenvalue weighted by molar-refractivity contribution is 0.747. The number of fused-ring (bicyclic) bond motifs is 1. The van der Waals surface area contributed by atoms with Crippen LogP contribution in [0.2, 0.25) is 0 Å². The Kier molecular flexibility index (Phi) is 2.90. The Hall–Kier alpha value is -2.76. The first-order chi connectivity index (χ1) is 9.66. The monoisotopic (exact) mass is 267 g/mol. The summed E-state index contributed by atoms with van der Waals surface area (Å²) in [7, 11) is 1.76. The Balaban J connectivity index is 2.13. The summed E-state index contributed by atoms with van der Waals surface area (Å²) in [6.07, 6.45) is 3.15. The molecular weight excluding hydrogens is 254 g/mol. The molecular formula is C14H13N5O. The maximum atomic E-state index is 12.3. The average Bonchev–Trinajstić information content (AvgIpc) is 2.81. The molecule has 0 N–H and O–H groups in total. The molecule has 20 heavy (non-hydrogen) atoms. The lowest BCUT2D eigenvalue weighted by Crippen LogP contribution is -2.20. The minimum atomic E-state index is -0.215. The number of aryl methyl sites for hydroxylation is 2. The van der Waals surface area contributed by atoms with Gasteiger partial charge in [-0.1, -0.05) is 30.3 Å². The normalized spacial score (nSPS) is 11.5. The summed E-state index contributed by atoms with van der Waals surface area (Å²) in [5.41, 5.74) is 1.27. The first-order valence-electron chi connectivity index (χ1n) is 6.17. The van der Waals surface area contributed by atoms with Gasteiger partial charge in [0.1, 0.15) is 11.2 Å². The molecule has 0 aliphatic carbocycles. The van der Waals surface area contributed by atoms with Crippen molar-refractivity contribution >= 4 is 17.2 Å². The lowest BCUT2D eigenvalue weighted by atomic mass is 10.2. The standard InChI is InChI=1S/C14H13N5O/c1-10-17-13-12(9-15-18(13)2)14(20)19(10)16-8-11-6-4-3-5-7-11/h3-9H,1-2H3/b16-8-. The van der Waals surface area contributed by atoms with Crippen molar-refractivity contribution in [3.8, 4) is 0 Å². The second-order valence-corrected chi connectivity index (χ2v) is 4.44. The Morgan fingerprint density at radius 1 is 1.25 bits per heavy atom. The van der Waals surface area contributed by atoms with Gasteiger partial charge in [-0.05, 0) is 12.5 Å². The fourth-order valence-electron chi connectivity index (χ4n) is 1.98. The van der Waals surface area contributed by atoms with Crippen molar-refractivity contribution in [1.29, 1.82) is 0 Å². The summed E-state index contributed by atoms with van der Waals surface area (Å²) in [5.74, 6) is 0.526. The van der Waals surface area contributed by atoms with Gasteiger partial charge >= 0.3 is 0 Å². The van der Waals surface area contributed by atoms with Gasteiger partial charge in [0.05, 0.1) is 12.4 Å². The van der Waals surface area contributed by atoms with Gasteiger partial charge < -0.3 is 0 Å². The first kappa shape index (κ1) is 12.3. The second kappa shape index (κ2) is 4.73. The third-order valence-corrected chi connectivity index (χ3v) is 3.03. The molecule has 0 spiro atoms. The SMILES string of the molecule is Cc1nc2c(cnn2C)c(=O)n1/N=C\c1ccccc1. The topological polar surface area (TPSA) is 65.1 Å². The number of nitrogens with zero attached hydrogens (tertiary/aromatic N) is 5. The molecule has 0 radical (unpaired) electrons. The summed E-state index contributed by atoms with van der Waals surface area (Å²) in [6.45, 7) is 1.75. The molecule has 0 unspecified atom stereocenters. The van der Waals surface area contributed by atoms with Crippen LogP contribution in [0, 0.1) is 6.92 Å². The minimum Gasteiger partial charge on any atom is -0.266 e. The predicted octanol–water partition coefficient (Wildman–Crippen LogP) is 1.32. The Morgan fingerprint density at radius 3 is 2.75 bits per heavy atom. The molecule has 3 rings (SSSR count). The highest BCUT2D eigenvalue weighted by molar-refractivity contribution is 5.79. The van der Waals surface area contributed by atoms with Crippen molar-refractivity contribution in [2.45, 2.75) is 6.92 Å². The van der Waals surface area contributed by atoms with Gasteiger partial charge in [-0.15, -0.1) is 0 Å². The third-order valence-electron chi connectivity index (χ3n) is 3.03. The van der Waals surface area contributed by atoms with E-state index in [0.717, 1.165) is 5.56 Å². The van der Waals surface area contributed by atoms with Crippen LogP contribution in [0.1, 0.15) is 11.4 Å². The van der Waals surface area contributed by atoms with Gasteiger partial charge in [-0.25, -0.2) is 4.98 Å². The zero-order valence-corrected chi connectivity index (χ0v) is 11.2. The Bertz CT molecular complexity index is 845. The van der Waals surface area contributed by atoms with E-state index in [1.807, 2.05) is 30.3 Å². The number of rotatable bonds is 2. The van der Waals surface area contributed by atoms with E-state index < -0.39 is 0 Å². The van der Waals surface area contributed by atoms with E-state index in [1.165, 1.54) is 10.9 Å². The van der Waals surface area contributed by atoms with E-state index in [4.69, 9.17) is 0 Å². The molecule has 0 saturated carbocycles. The minimum absolute atomic E-state index is 0.215. The van der Waals surface area contributed by atoms with Crippen LogP contribution in [0.25, 0.3) is 11.0 Å². The predicted molar refractivity (Wildman–Crippen MR) is 76.9 cm³/mol. The highest BCUT2D eigenvalue weighted by atomic mass is 16.1. The van der Waals surface area contributed by atoms with Crippen molar-refractivity contribution in [3.05, 3.63) is 58.3 Å². The molecule has 0 fully saturated rings. The van der Waals surface area contributed by atoms with Crippen molar-refractivity contribution in [3.63, 3.8) is 0 Å². The van der Waals surface area contributed by atoms with E-state index in [1.54, 1.807) is 24.9 Å². The van der Waals surface area contributed by atoms with Gasteiger partial charge in [0.25, 0.3) is 5.56 Å². The van der Waals surface area contributed by atoms with E-state index in [9.17, 15) is 4.79 Å². The Morgan fingerprint density at radius 2 is 2.00 bits per heavy atom. The maximum absolute atomic E-state index is 12.3. The summed E-state index contributed by atoms with van der Waals surface area (Å²) >= 11 is 0. The van der Waals surface area contributed by atoms with Gasteiger partial charge in [0.15, 0.2) is 5.65 Å². The van der Waals surface area contributed by atoms with Crippen LogP contribution in [-0.2, 0) is 7.05 Å². The molecule has 2 heterocycles. The molecule has 0 amide bonds. The fourth-order valence-corrected chi connectivity index (χ4v) is 1.98. The molecule has 0 aliphatic heterocycles. The van der Waals surface area contributed by atoms with Crippen LogP contribution in [0.5, 0.6) is 0 Å². The van der Waals surface area contributed by atoms with Gasteiger partial charge in [0, 0.05) is 7.05 Å². The average molecular weight is 267 g/mol. The largest absolute Gasteiger partial charge is 0.285 e. The number of hydrogen-bond acceptors (Lipinski definition) is 4. The summed E-state index contributed by atoms with van der Waals surface area (Å²) < 4.78 is 2.87. The lowest BCUT2D eigenvalue weighted by Gasteiger charge is -2.03. The highest BCUT2D eigenvalue weighted by Gasteiger charge is 2.10. The van der Waals surface area contributed by atoms with Crippen LogP contribution in [0.4, 0.5) is 0 Å². The summed E-state index contributed by atoms with van der Waals surface area (Å²) in [4.78, 5) is 16.7. The summed E-state index contributed by atoms with van der Waals surface area (Å²) in [5, 5.41) is 8.72. The molecule has 6 heteroatoms. The van der Waals surface area contributed by atoms with Crippen LogP contribution in [0.15, 0.2) is 46.4 Å². The molecule has 6 nitrogen and oxygen atoms in total. The first-order valence-corrected chi connectivity index (χ1v) is 6.17. The molecule has 1 aromatic carbocycles. The van der Waals surface area contributed by atoms with Gasteiger partial charge in [-0.2, -0.15) is 14.9 Å². The van der Waals surface area contributed by atoms with Gasteiger partial charge in [0.2, 0.25) is 0 Å². The van der Waals surface area contributed by atoms with Crippen molar-refractivity contribution < 1.29 is 0 Å². The van der Waals surface area contributed by atoms with Crippen molar-refractivity contribution in [1.82, 2.24) is 19.4 Å². The summed E-state index contributed by atoms with van der Waals surface area (Å²) in [6, 6.07) is 9.59. The maximum Gasteiger partial charge on any atom is 0.285 e. The quantitative estimate of drug-likeness (QED) is 0.658. The number of aromatic nitrogens is 4. The highest BCUT2D eigenvalue weighted by Crippen LogP contribution is 2.06. The van der Waals surface area contributed by atoms with Crippen LogP contribution in [0.3, 0.4) is 0 Å². The van der Waals surface area contributed by atoms with Crippen LogP contribution < -0.4 is 5.56 Å². The molecule has 100 valence electrons. The second-order valence-electron chi connectivity index (χ2n) is 4.44. The molecule has 0 atom stereocenters.